The number of carbonyl (C=O) groups is 1. The molecule has 2 heteroatoms. The lowest BCUT2D eigenvalue weighted by Crippen LogP contribution is -2.11. The van der Waals surface area contributed by atoms with Crippen LogP contribution in [0.25, 0.3) is 0 Å². The minimum Gasteiger partial charge on any atom is -0.293 e. The Hall–Kier alpha value is -0.630. The maximum absolute atomic E-state index is 12.2. The summed E-state index contributed by atoms with van der Waals surface area (Å²) in [6, 6.07) is 2.17. The first kappa shape index (κ1) is 11.8. The van der Waals surface area contributed by atoms with Crippen molar-refractivity contribution in [3.05, 3.63) is 21.4 Å². The highest BCUT2D eigenvalue weighted by atomic mass is 32.1. The Bertz CT molecular complexity index is 351. The number of fused-ring (bicyclic) bond motifs is 1. The molecular weight excluding hydrogens is 216 g/mol. The van der Waals surface area contributed by atoms with Crippen LogP contribution in [0.3, 0.4) is 0 Å². The van der Waals surface area contributed by atoms with Gasteiger partial charge in [-0.2, -0.15) is 0 Å². The van der Waals surface area contributed by atoms with Crippen molar-refractivity contribution in [3.63, 3.8) is 0 Å². The molecule has 0 saturated heterocycles. The number of Topliss-reactive ketones (excluding diaryl/α,β-unsaturated/α-hetero) is 1. The molecule has 2 rings (SSSR count). The van der Waals surface area contributed by atoms with Crippen LogP contribution in [0.5, 0.6) is 0 Å². The van der Waals surface area contributed by atoms with E-state index in [1.54, 1.807) is 11.3 Å². The van der Waals surface area contributed by atoms with Crippen LogP contribution in [0.2, 0.25) is 0 Å². The summed E-state index contributed by atoms with van der Waals surface area (Å²) in [5.74, 6) is 0.615. The van der Waals surface area contributed by atoms with Gasteiger partial charge in [-0.3, -0.25) is 4.79 Å². The van der Waals surface area contributed by atoms with E-state index in [1.807, 2.05) is 0 Å². The van der Waals surface area contributed by atoms with E-state index in [9.17, 15) is 4.79 Å². The molecular formula is C14H20OS. The van der Waals surface area contributed by atoms with Gasteiger partial charge in [0.15, 0.2) is 5.78 Å². The Labute approximate surface area is 102 Å². The first-order valence-corrected chi connectivity index (χ1v) is 7.23. The number of carbonyl (C=O) groups excluding carboxylic acids is 1. The molecule has 88 valence electrons. The average molecular weight is 236 g/mol. The third-order valence-corrected chi connectivity index (χ3v) is 4.85. The number of hydrogen-bond donors (Lipinski definition) is 0. The zero-order valence-electron chi connectivity index (χ0n) is 10.2. The molecule has 1 aliphatic rings. The Kier molecular flexibility index (Phi) is 3.80. The molecule has 0 aliphatic heterocycles. The molecule has 0 N–H and O–H groups in total. The minimum absolute atomic E-state index is 0.236. The van der Waals surface area contributed by atoms with Crippen molar-refractivity contribution < 1.29 is 4.79 Å². The maximum atomic E-state index is 12.2. The quantitative estimate of drug-likeness (QED) is 0.714. The minimum atomic E-state index is 0.236. The summed E-state index contributed by atoms with van der Waals surface area (Å²) in [5, 5.41) is 0. The van der Waals surface area contributed by atoms with Gasteiger partial charge in [0.05, 0.1) is 4.88 Å². The van der Waals surface area contributed by atoms with Gasteiger partial charge in [0, 0.05) is 10.8 Å². The topological polar surface area (TPSA) is 17.1 Å². The number of thiophene rings is 1. The van der Waals surface area contributed by atoms with Gasteiger partial charge < -0.3 is 0 Å². The van der Waals surface area contributed by atoms with Crippen molar-refractivity contribution in [1.29, 1.82) is 0 Å². The highest BCUT2D eigenvalue weighted by Gasteiger charge is 2.21. The third kappa shape index (κ3) is 2.22. The van der Waals surface area contributed by atoms with Gasteiger partial charge in [-0.1, -0.05) is 13.8 Å². The molecule has 0 amide bonds. The van der Waals surface area contributed by atoms with Gasteiger partial charge in [0.25, 0.3) is 0 Å². The van der Waals surface area contributed by atoms with E-state index >= 15 is 0 Å². The van der Waals surface area contributed by atoms with Gasteiger partial charge in [-0.05, 0) is 50.2 Å². The highest BCUT2D eigenvalue weighted by Crippen LogP contribution is 2.31. The normalized spacial score (nSPS) is 15.2. The molecule has 0 unspecified atom stereocenters. The van der Waals surface area contributed by atoms with Crippen molar-refractivity contribution in [2.75, 3.05) is 0 Å². The Morgan fingerprint density at radius 2 is 2.00 bits per heavy atom. The SMILES string of the molecule is CCC(CC)C(=O)c1cc2c(s1)CCCC2. The lowest BCUT2D eigenvalue weighted by Gasteiger charge is -2.08. The molecule has 0 bridgehead atoms. The fraction of sp³-hybridized carbons (Fsp3) is 0.643. The monoisotopic (exact) mass is 236 g/mol. The first-order chi connectivity index (χ1) is 7.76. The van der Waals surface area contributed by atoms with E-state index in [1.165, 1.54) is 36.1 Å². The Morgan fingerprint density at radius 3 is 2.62 bits per heavy atom. The molecule has 1 heterocycles. The fourth-order valence-corrected chi connectivity index (χ4v) is 3.75. The van der Waals surface area contributed by atoms with Crippen LogP contribution >= 0.6 is 11.3 Å². The lowest BCUT2D eigenvalue weighted by molar-refractivity contribution is 0.0917. The molecule has 0 aromatic carbocycles. The largest absolute Gasteiger partial charge is 0.293 e. The van der Waals surface area contributed by atoms with E-state index in [-0.39, 0.29) is 5.92 Å². The summed E-state index contributed by atoms with van der Waals surface area (Å²) in [7, 11) is 0. The Morgan fingerprint density at radius 1 is 1.31 bits per heavy atom. The van der Waals surface area contributed by atoms with Crippen molar-refractivity contribution >= 4 is 17.1 Å². The number of ketones is 1. The summed E-state index contributed by atoms with van der Waals surface area (Å²) in [6.07, 6.45) is 6.91. The van der Waals surface area contributed by atoms with Crippen molar-refractivity contribution in [3.8, 4) is 0 Å². The molecule has 1 aliphatic carbocycles. The summed E-state index contributed by atoms with van der Waals surface area (Å²) >= 11 is 1.75. The zero-order chi connectivity index (χ0) is 11.5. The van der Waals surface area contributed by atoms with Crippen LogP contribution in [-0.4, -0.2) is 5.78 Å². The van der Waals surface area contributed by atoms with Gasteiger partial charge in [-0.25, -0.2) is 0 Å². The maximum Gasteiger partial charge on any atom is 0.175 e. The molecule has 16 heavy (non-hydrogen) atoms. The van der Waals surface area contributed by atoms with E-state index in [4.69, 9.17) is 0 Å². The number of rotatable bonds is 4. The van der Waals surface area contributed by atoms with Crippen LogP contribution < -0.4 is 0 Å². The third-order valence-electron chi connectivity index (χ3n) is 3.60. The lowest BCUT2D eigenvalue weighted by atomic mass is 9.95. The number of aryl methyl sites for hydroxylation is 2. The molecule has 0 saturated carbocycles. The summed E-state index contributed by atoms with van der Waals surface area (Å²) in [4.78, 5) is 14.7. The van der Waals surface area contributed by atoms with E-state index in [0.717, 1.165) is 17.7 Å². The molecule has 0 atom stereocenters. The van der Waals surface area contributed by atoms with Gasteiger partial charge >= 0.3 is 0 Å². The highest BCUT2D eigenvalue weighted by molar-refractivity contribution is 7.14. The van der Waals surface area contributed by atoms with Crippen LogP contribution in [0, 0.1) is 5.92 Å². The zero-order valence-corrected chi connectivity index (χ0v) is 11.0. The van der Waals surface area contributed by atoms with Crippen molar-refractivity contribution in [1.82, 2.24) is 0 Å². The predicted octanol–water partition coefficient (Wildman–Crippen LogP) is 4.25. The summed E-state index contributed by atoms with van der Waals surface area (Å²) in [5.41, 5.74) is 1.45. The average Bonchev–Trinajstić information content (AvgIpc) is 2.74. The molecule has 0 spiro atoms. The summed E-state index contributed by atoms with van der Waals surface area (Å²) in [6.45, 7) is 4.22. The second kappa shape index (κ2) is 5.13. The molecule has 1 nitrogen and oxygen atoms in total. The van der Waals surface area contributed by atoms with Crippen molar-refractivity contribution in [2.45, 2.75) is 52.4 Å². The number of hydrogen-bond acceptors (Lipinski definition) is 2. The van der Waals surface area contributed by atoms with Crippen LogP contribution in [-0.2, 0) is 12.8 Å². The fourth-order valence-electron chi connectivity index (χ4n) is 2.47. The second-order valence-electron chi connectivity index (χ2n) is 4.64. The summed E-state index contributed by atoms with van der Waals surface area (Å²) < 4.78 is 0. The van der Waals surface area contributed by atoms with Crippen LogP contribution in [0.1, 0.15) is 59.6 Å². The smallest absolute Gasteiger partial charge is 0.175 e. The van der Waals surface area contributed by atoms with E-state index < -0.39 is 0 Å². The van der Waals surface area contributed by atoms with Gasteiger partial charge in [0.2, 0.25) is 0 Å². The predicted molar refractivity (Wildman–Crippen MR) is 69.4 cm³/mol. The van der Waals surface area contributed by atoms with Crippen LogP contribution in [0.4, 0.5) is 0 Å². The first-order valence-electron chi connectivity index (χ1n) is 6.42. The molecule has 0 radical (unpaired) electrons. The van der Waals surface area contributed by atoms with Crippen LogP contribution in [0.15, 0.2) is 6.07 Å². The Balaban J connectivity index is 2.20. The van der Waals surface area contributed by atoms with Crippen molar-refractivity contribution in [2.24, 2.45) is 5.92 Å². The van der Waals surface area contributed by atoms with Gasteiger partial charge in [-0.15, -0.1) is 11.3 Å². The van der Waals surface area contributed by atoms with E-state index in [0.29, 0.717) is 5.78 Å². The standard InChI is InChI=1S/C14H20OS/c1-3-10(4-2)14(15)13-9-11-7-5-6-8-12(11)16-13/h9-10H,3-8H2,1-2H3. The molecule has 1 aromatic heterocycles. The second-order valence-corrected chi connectivity index (χ2v) is 5.78. The molecule has 0 fully saturated rings. The van der Waals surface area contributed by atoms with E-state index in [2.05, 4.69) is 19.9 Å². The van der Waals surface area contributed by atoms with Gasteiger partial charge in [0.1, 0.15) is 0 Å². The molecule has 1 aromatic rings.